The number of aromatic nitrogens is 3. The van der Waals surface area contributed by atoms with E-state index in [-0.39, 0.29) is 17.9 Å². The Hall–Kier alpha value is -2.21. The molecule has 3 rings (SSSR count). The predicted molar refractivity (Wildman–Crippen MR) is 91.1 cm³/mol. The van der Waals surface area contributed by atoms with E-state index >= 15 is 0 Å². The van der Waals surface area contributed by atoms with Crippen molar-refractivity contribution in [2.75, 3.05) is 13.6 Å². The molecule has 0 spiro atoms. The number of hydrogen-bond acceptors (Lipinski definition) is 4. The van der Waals surface area contributed by atoms with Crippen LogP contribution in [-0.4, -0.2) is 50.4 Å². The van der Waals surface area contributed by atoms with Crippen LogP contribution in [0.3, 0.4) is 0 Å². The summed E-state index contributed by atoms with van der Waals surface area (Å²) < 4.78 is 1.77. The molecule has 6 nitrogen and oxygen atoms in total. The standard InChI is InChI=1S/C18H24N4O2/c1-12-19-13(2)22(20-12)16-9-7-14(8-10-16)18(24)21(3)11-15-5-4-6-17(15)23/h7-10,15,17,23H,4-6,11H2,1-3H3. The van der Waals surface area contributed by atoms with Gasteiger partial charge in [-0.1, -0.05) is 6.42 Å². The van der Waals surface area contributed by atoms with Gasteiger partial charge < -0.3 is 10.0 Å². The number of hydrogen-bond donors (Lipinski definition) is 1. The van der Waals surface area contributed by atoms with E-state index in [1.165, 1.54) is 0 Å². The Bertz CT molecular complexity index is 723. The second-order valence-electron chi connectivity index (χ2n) is 6.61. The first-order valence-electron chi connectivity index (χ1n) is 8.40. The first kappa shape index (κ1) is 16.6. The molecular weight excluding hydrogens is 304 g/mol. The van der Waals surface area contributed by atoms with Crippen molar-refractivity contribution in [3.63, 3.8) is 0 Å². The molecule has 6 heteroatoms. The number of carbonyl (C=O) groups is 1. The molecule has 0 saturated heterocycles. The number of aliphatic hydroxyl groups is 1. The van der Waals surface area contributed by atoms with E-state index in [1.54, 1.807) is 16.6 Å². The fourth-order valence-corrected chi connectivity index (χ4v) is 3.40. The number of rotatable bonds is 4. The summed E-state index contributed by atoms with van der Waals surface area (Å²) in [6, 6.07) is 7.39. The molecule has 1 fully saturated rings. The van der Waals surface area contributed by atoms with Crippen molar-refractivity contribution in [1.29, 1.82) is 0 Å². The quantitative estimate of drug-likeness (QED) is 0.933. The molecule has 24 heavy (non-hydrogen) atoms. The smallest absolute Gasteiger partial charge is 0.253 e. The second kappa shape index (κ2) is 6.73. The van der Waals surface area contributed by atoms with Crippen LogP contribution in [0.1, 0.15) is 41.3 Å². The zero-order valence-electron chi connectivity index (χ0n) is 14.4. The maximum absolute atomic E-state index is 12.6. The highest BCUT2D eigenvalue weighted by molar-refractivity contribution is 5.94. The molecule has 1 aromatic carbocycles. The van der Waals surface area contributed by atoms with Crippen LogP contribution in [0, 0.1) is 19.8 Å². The zero-order chi connectivity index (χ0) is 17.3. The fourth-order valence-electron chi connectivity index (χ4n) is 3.40. The van der Waals surface area contributed by atoms with E-state index in [2.05, 4.69) is 10.1 Å². The largest absolute Gasteiger partial charge is 0.393 e. The van der Waals surface area contributed by atoms with Crippen molar-refractivity contribution in [1.82, 2.24) is 19.7 Å². The monoisotopic (exact) mass is 328 g/mol. The van der Waals surface area contributed by atoms with Gasteiger partial charge >= 0.3 is 0 Å². The number of aliphatic hydroxyl groups excluding tert-OH is 1. The molecule has 1 amide bonds. The molecule has 2 unspecified atom stereocenters. The van der Waals surface area contributed by atoms with Crippen molar-refractivity contribution < 1.29 is 9.90 Å². The Morgan fingerprint density at radius 3 is 2.54 bits per heavy atom. The Balaban J connectivity index is 1.70. The van der Waals surface area contributed by atoms with Crippen LogP contribution in [0.2, 0.25) is 0 Å². The molecule has 0 aliphatic heterocycles. The highest BCUT2D eigenvalue weighted by Gasteiger charge is 2.27. The van der Waals surface area contributed by atoms with Crippen LogP contribution in [0.4, 0.5) is 0 Å². The maximum atomic E-state index is 12.6. The second-order valence-corrected chi connectivity index (χ2v) is 6.61. The van der Waals surface area contributed by atoms with Gasteiger partial charge in [0, 0.05) is 25.1 Å². The van der Waals surface area contributed by atoms with Gasteiger partial charge in [0.05, 0.1) is 11.8 Å². The molecule has 1 N–H and O–H groups in total. The molecule has 1 heterocycles. The van der Waals surface area contributed by atoms with Crippen LogP contribution < -0.4 is 0 Å². The van der Waals surface area contributed by atoms with Crippen LogP contribution in [0.5, 0.6) is 0 Å². The van der Waals surface area contributed by atoms with E-state index in [0.29, 0.717) is 12.1 Å². The van der Waals surface area contributed by atoms with Crippen LogP contribution in [0.15, 0.2) is 24.3 Å². The average molecular weight is 328 g/mol. The predicted octanol–water partition coefficient (Wildman–Crippen LogP) is 2.12. The van der Waals surface area contributed by atoms with Gasteiger partial charge in [0.1, 0.15) is 11.6 Å². The summed E-state index contributed by atoms with van der Waals surface area (Å²) >= 11 is 0. The molecule has 1 aliphatic rings. The van der Waals surface area contributed by atoms with Gasteiger partial charge in [-0.25, -0.2) is 9.67 Å². The molecule has 1 aliphatic carbocycles. The molecule has 128 valence electrons. The van der Waals surface area contributed by atoms with Crippen molar-refractivity contribution >= 4 is 5.91 Å². The van der Waals surface area contributed by atoms with Crippen LogP contribution in [-0.2, 0) is 0 Å². The van der Waals surface area contributed by atoms with Gasteiger partial charge in [-0.2, -0.15) is 5.10 Å². The Labute approximate surface area is 142 Å². The first-order valence-corrected chi connectivity index (χ1v) is 8.40. The molecule has 0 radical (unpaired) electrons. The summed E-state index contributed by atoms with van der Waals surface area (Å²) in [6.45, 7) is 4.36. The van der Waals surface area contributed by atoms with Crippen molar-refractivity contribution in [3.05, 3.63) is 41.5 Å². The summed E-state index contributed by atoms with van der Waals surface area (Å²) in [7, 11) is 1.80. The number of carbonyl (C=O) groups excluding carboxylic acids is 1. The van der Waals surface area contributed by atoms with E-state index in [1.807, 2.05) is 38.1 Å². The number of nitrogens with zero attached hydrogens (tertiary/aromatic N) is 4. The zero-order valence-corrected chi connectivity index (χ0v) is 14.4. The molecule has 2 atom stereocenters. The maximum Gasteiger partial charge on any atom is 0.253 e. The van der Waals surface area contributed by atoms with E-state index in [9.17, 15) is 9.90 Å². The third-order valence-electron chi connectivity index (χ3n) is 4.71. The molecular formula is C18H24N4O2. The van der Waals surface area contributed by atoms with E-state index < -0.39 is 0 Å². The summed E-state index contributed by atoms with van der Waals surface area (Å²) in [5, 5.41) is 14.3. The highest BCUT2D eigenvalue weighted by Crippen LogP contribution is 2.26. The summed E-state index contributed by atoms with van der Waals surface area (Å²) in [5.74, 6) is 1.72. The minimum atomic E-state index is -0.277. The number of amides is 1. The normalized spacial score (nSPS) is 20.3. The van der Waals surface area contributed by atoms with Crippen molar-refractivity contribution in [3.8, 4) is 5.69 Å². The van der Waals surface area contributed by atoms with E-state index in [4.69, 9.17) is 0 Å². The summed E-state index contributed by atoms with van der Waals surface area (Å²) in [6.07, 6.45) is 2.60. The third-order valence-corrected chi connectivity index (χ3v) is 4.71. The van der Waals surface area contributed by atoms with Gasteiger partial charge in [-0.3, -0.25) is 4.79 Å². The Morgan fingerprint density at radius 1 is 1.29 bits per heavy atom. The molecule has 0 bridgehead atoms. The van der Waals surface area contributed by atoms with Crippen LogP contribution in [0.25, 0.3) is 5.69 Å². The van der Waals surface area contributed by atoms with Crippen molar-refractivity contribution in [2.24, 2.45) is 5.92 Å². The third kappa shape index (κ3) is 3.33. The van der Waals surface area contributed by atoms with Gasteiger partial charge in [0.2, 0.25) is 0 Å². The van der Waals surface area contributed by atoms with Gasteiger partial charge in [0.25, 0.3) is 5.91 Å². The first-order chi connectivity index (χ1) is 11.5. The Morgan fingerprint density at radius 2 is 2.00 bits per heavy atom. The van der Waals surface area contributed by atoms with Crippen molar-refractivity contribution in [2.45, 2.75) is 39.2 Å². The SMILES string of the molecule is Cc1nc(C)n(-c2ccc(C(=O)N(C)CC3CCCC3O)cc2)n1. The molecule has 2 aromatic rings. The summed E-state index contributed by atoms with van der Waals surface area (Å²) in [4.78, 5) is 18.6. The van der Waals surface area contributed by atoms with Crippen LogP contribution >= 0.6 is 0 Å². The number of benzene rings is 1. The topological polar surface area (TPSA) is 71.2 Å². The van der Waals surface area contributed by atoms with E-state index in [0.717, 1.165) is 36.6 Å². The Kier molecular flexibility index (Phi) is 4.66. The van der Waals surface area contributed by atoms with Gasteiger partial charge in [-0.15, -0.1) is 0 Å². The summed E-state index contributed by atoms with van der Waals surface area (Å²) in [5.41, 5.74) is 1.53. The molecule has 1 saturated carbocycles. The lowest BCUT2D eigenvalue weighted by Gasteiger charge is -2.23. The average Bonchev–Trinajstić information content (AvgIpc) is 3.12. The van der Waals surface area contributed by atoms with Gasteiger partial charge in [-0.05, 0) is 51.0 Å². The fraction of sp³-hybridized carbons (Fsp3) is 0.500. The molecule has 1 aromatic heterocycles. The minimum Gasteiger partial charge on any atom is -0.393 e. The minimum absolute atomic E-state index is 0.0212. The van der Waals surface area contributed by atoms with Gasteiger partial charge in [0.15, 0.2) is 0 Å². The lowest BCUT2D eigenvalue weighted by atomic mass is 10.1. The lowest BCUT2D eigenvalue weighted by molar-refractivity contribution is 0.0693. The number of aryl methyl sites for hydroxylation is 2. The lowest BCUT2D eigenvalue weighted by Crippen LogP contribution is -2.34. The highest BCUT2D eigenvalue weighted by atomic mass is 16.3.